The third-order valence-corrected chi connectivity index (χ3v) is 10.9. The Hall–Kier alpha value is -3.87. The Morgan fingerprint density at radius 3 is 2.34 bits per heavy atom. The number of amides is 3. The summed E-state index contributed by atoms with van der Waals surface area (Å²) in [7, 11) is 3.38. The number of methoxy groups -OCH3 is 2. The number of nitrogens with one attached hydrogen (secondary N) is 2. The summed E-state index contributed by atoms with van der Waals surface area (Å²) in [6.45, 7) is 12.7. The van der Waals surface area contributed by atoms with E-state index < -0.39 is 34.7 Å². The molecule has 3 aliphatic heterocycles. The van der Waals surface area contributed by atoms with E-state index in [9.17, 15) is 14.4 Å². The fourth-order valence-electron chi connectivity index (χ4n) is 8.26. The molecule has 12 heteroatoms. The number of carbonyl (C=O) groups excluding carboxylic acids is 3. The first-order chi connectivity index (χ1) is 25.2. The van der Waals surface area contributed by atoms with Gasteiger partial charge in [0.05, 0.1) is 23.1 Å². The van der Waals surface area contributed by atoms with Gasteiger partial charge in [0.25, 0.3) is 0 Å². The third kappa shape index (κ3) is 8.76. The van der Waals surface area contributed by atoms with Crippen molar-refractivity contribution >= 4 is 29.3 Å². The average Bonchev–Trinajstić information content (AvgIpc) is 3.97. The summed E-state index contributed by atoms with van der Waals surface area (Å²) in [6, 6.07) is 16.1. The van der Waals surface area contributed by atoms with Crippen molar-refractivity contribution in [2.24, 2.45) is 11.8 Å². The average molecular weight is 734 g/mol. The molecule has 2 N–H and O–H groups in total. The topological polar surface area (TPSA) is 122 Å². The monoisotopic (exact) mass is 733 g/mol. The quantitative estimate of drug-likeness (QED) is 0.291. The van der Waals surface area contributed by atoms with Gasteiger partial charge in [0.2, 0.25) is 11.8 Å². The zero-order valence-corrected chi connectivity index (χ0v) is 32.6. The van der Waals surface area contributed by atoms with Crippen LogP contribution in [0.4, 0.5) is 16.2 Å². The second-order valence-electron chi connectivity index (χ2n) is 16.6. The van der Waals surface area contributed by atoms with Gasteiger partial charge in [-0.25, -0.2) is 4.79 Å². The van der Waals surface area contributed by atoms with Gasteiger partial charge in [0.15, 0.2) is 6.23 Å². The van der Waals surface area contributed by atoms with Gasteiger partial charge < -0.3 is 44.3 Å². The zero-order valence-electron chi connectivity index (χ0n) is 32.6. The van der Waals surface area contributed by atoms with Crippen LogP contribution in [0.25, 0.3) is 0 Å². The van der Waals surface area contributed by atoms with E-state index in [1.165, 1.54) is 0 Å². The molecule has 6 rings (SSSR count). The second kappa shape index (κ2) is 15.8. The molecule has 3 atom stereocenters. The van der Waals surface area contributed by atoms with Crippen LogP contribution < -0.4 is 25.2 Å². The van der Waals surface area contributed by atoms with Crippen LogP contribution in [0, 0.1) is 11.8 Å². The van der Waals surface area contributed by atoms with Crippen molar-refractivity contribution in [3.05, 3.63) is 54.1 Å². The smallest absolute Gasteiger partial charge is 0.410 e. The van der Waals surface area contributed by atoms with E-state index in [0.29, 0.717) is 19.6 Å². The lowest BCUT2D eigenvalue weighted by atomic mass is 9.80. The molecule has 290 valence electrons. The van der Waals surface area contributed by atoms with Crippen LogP contribution in [-0.2, 0) is 29.3 Å². The van der Waals surface area contributed by atoms with Crippen LogP contribution in [0.5, 0.6) is 5.75 Å². The van der Waals surface area contributed by atoms with Gasteiger partial charge in [-0.05, 0) is 110 Å². The fourth-order valence-corrected chi connectivity index (χ4v) is 8.26. The van der Waals surface area contributed by atoms with Crippen LogP contribution in [0.1, 0.15) is 78.7 Å². The predicted molar refractivity (Wildman–Crippen MR) is 204 cm³/mol. The van der Waals surface area contributed by atoms with E-state index >= 15 is 0 Å². The molecule has 0 bridgehead atoms. The molecule has 0 radical (unpaired) electrons. The SMILES string of the molecule is COCCCN1c2cc(N(C(=O)[C@@H]3CC(C(=O)NC4(c5ccccc5)CCNCC4)CN(C(=O)OC(C)(C)C)C3)C3CC3)ccc2OC(C)(C)C1OC. The molecule has 2 aromatic carbocycles. The number of rotatable bonds is 11. The van der Waals surface area contributed by atoms with E-state index in [0.717, 1.165) is 67.9 Å². The van der Waals surface area contributed by atoms with Crippen molar-refractivity contribution in [2.75, 3.05) is 63.4 Å². The van der Waals surface area contributed by atoms with Crippen molar-refractivity contribution in [1.82, 2.24) is 15.5 Å². The van der Waals surface area contributed by atoms with Gasteiger partial charge >= 0.3 is 6.09 Å². The molecule has 4 aliphatic rings. The first-order valence-corrected chi connectivity index (χ1v) is 19.3. The predicted octanol–water partition coefficient (Wildman–Crippen LogP) is 5.44. The Kier molecular flexibility index (Phi) is 11.6. The van der Waals surface area contributed by atoms with Crippen LogP contribution in [-0.4, -0.2) is 99.8 Å². The maximum Gasteiger partial charge on any atom is 0.410 e. The van der Waals surface area contributed by atoms with Crippen molar-refractivity contribution in [1.29, 1.82) is 0 Å². The Labute approximate surface area is 314 Å². The van der Waals surface area contributed by atoms with Crippen molar-refractivity contribution in [3.63, 3.8) is 0 Å². The molecule has 1 aliphatic carbocycles. The highest BCUT2D eigenvalue weighted by molar-refractivity contribution is 5.98. The van der Waals surface area contributed by atoms with Crippen LogP contribution >= 0.6 is 0 Å². The van der Waals surface area contributed by atoms with E-state index in [2.05, 4.69) is 27.7 Å². The molecule has 12 nitrogen and oxygen atoms in total. The van der Waals surface area contributed by atoms with Gasteiger partial charge in [-0.3, -0.25) is 9.59 Å². The molecule has 1 saturated carbocycles. The highest BCUT2D eigenvalue weighted by Gasteiger charge is 2.47. The minimum Gasteiger partial charge on any atom is -0.481 e. The Morgan fingerprint density at radius 2 is 1.70 bits per heavy atom. The highest BCUT2D eigenvalue weighted by Crippen LogP contribution is 2.45. The van der Waals surface area contributed by atoms with E-state index in [4.69, 9.17) is 18.9 Å². The van der Waals surface area contributed by atoms with Crippen molar-refractivity contribution in [2.45, 2.75) is 102 Å². The number of hydrogen-bond donors (Lipinski definition) is 2. The van der Waals surface area contributed by atoms with Gasteiger partial charge in [-0.1, -0.05) is 30.3 Å². The summed E-state index contributed by atoms with van der Waals surface area (Å²) in [5.41, 5.74) is 0.804. The number of likely N-dealkylation sites (tertiary alicyclic amines) is 1. The van der Waals surface area contributed by atoms with E-state index in [-0.39, 0.29) is 37.2 Å². The molecule has 0 aromatic heterocycles. The summed E-state index contributed by atoms with van der Waals surface area (Å²) in [6.07, 6.45) is 3.49. The molecule has 3 heterocycles. The largest absolute Gasteiger partial charge is 0.481 e. The number of benzene rings is 2. The number of anilines is 2. The maximum atomic E-state index is 14.9. The minimum absolute atomic E-state index is 0.0296. The molecule has 53 heavy (non-hydrogen) atoms. The van der Waals surface area contributed by atoms with Gasteiger partial charge in [-0.2, -0.15) is 0 Å². The minimum atomic E-state index is -0.729. The molecule has 0 spiro atoms. The Morgan fingerprint density at radius 1 is 1.00 bits per heavy atom. The van der Waals surface area contributed by atoms with Gasteiger partial charge in [-0.15, -0.1) is 0 Å². The van der Waals surface area contributed by atoms with Crippen LogP contribution in [0.2, 0.25) is 0 Å². The first-order valence-electron chi connectivity index (χ1n) is 19.3. The molecule has 3 fully saturated rings. The lowest BCUT2D eigenvalue weighted by Crippen LogP contribution is -2.58. The highest BCUT2D eigenvalue weighted by atomic mass is 16.6. The maximum absolute atomic E-state index is 14.9. The first kappa shape index (κ1) is 38.8. The second-order valence-corrected chi connectivity index (χ2v) is 16.6. The Bertz CT molecular complexity index is 1600. The van der Waals surface area contributed by atoms with Crippen LogP contribution in [0.15, 0.2) is 48.5 Å². The lowest BCUT2D eigenvalue weighted by molar-refractivity contribution is -0.132. The number of fused-ring (bicyclic) bond motifs is 1. The number of piperidine rings is 2. The number of ether oxygens (including phenoxy) is 4. The molecule has 2 saturated heterocycles. The molecule has 2 unspecified atom stereocenters. The molecule has 3 amide bonds. The lowest BCUT2D eigenvalue weighted by Gasteiger charge is -2.47. The zero-order chi connectivity index (χ0) is 38.0. The fraction of sp³-hybridized carbons (Fsp3) is 0.634. The van der Waals surface area contributed by atoms with Gasteiger partial charge in [0.1, 0.15) is 17.0 Å². The summed E-state index contributed by atoms with van der Waals surface area (Å²) in [5.74, 6) is -0.720. The molecular weight excluding hydrogens is 674 g/mol. The summed E-state index contributed by atoms with van der Waals surface area (Å²) < 4.78 is 23.6. The third-order valence-electron chi connectivity index (χ3n) is 10.9. The Balaban J connectivity index is 1.30. The van der Waals surface area contributed by atoms with E-state index in [1.54, 1.807) is 19.1 Å². The molecule has 2 aromatic rings. The number of carbonyl (C=O) groups is 3. The standard InChI is InChI=1S/C41H59N5O7/c1-39(2,3)53-38(49)44-26-28(35(47)43-41(18-20-42-21-19-41)30-12-9-8-10-13-30)24-29(27-44)36(48)46(31-14-15-31)32-16-17-34-33(25-32)45(22-11-23-50-6)37(51-7)40(4,5)52-34/h8-10,12-13,16-17,25,28-29,31,37,42H,11,14-15,18-24,26-27H2,1-7H3,(H,43,47)/t28?,29-,37?/m1/s1. The van der Waals surface area contributed by atoms with Crippen LogP contribution in [0.3, 0.4) is 0 Å². The molecular formula is C41H59N5O7. The number of nitrogens with zero attached hydrogens (tertiary/aromatic N) is 3. The van der Waals surface area contributed by atoms with Crippen molar-refractivity contribution in [3.8, 4) is 5.75 Å². The number of hydrogen-bond acceptors (Lipinski definition) is 9. The summed E-state index contributed by atoms with van der Waals surface area (Å²) in [5, 5.41) is 6.86. The van der Waals surface area contributed by atoms with E-state index in [1.807, 2.05) is 75.9 Å². The summed E-state index contributed by atoms with van der Waals surface area (Å²) in [4.78, 5) is 48.6. The van der Waals surface area contributed by atoms with Crippen molar-refractivity contribution < 1.29 is 33.3 Å². The normalized spacial score (nSPS) is 23.7. The summed E-state index contributed by atoms with van der Waals surface area (Å²) >= 11 is 0. The van der Waals surface area contributed by atoms with Gasteiger partial charge in [0, 0.05) is 52.2 Å².